The van der Waals surface area contributed by atoms with E-state index in [9.17, 15) is 9.59 Å². The van der Waals surface area contributed by atoms with Crippen LogP contribution in [0, 0.1) is 6.92 Å². The number of carbonyl (C=O) groups excluding carboxylic acids is 1. The van der Waals surface area contributed by atoms with Crippen molar-refractivity contribution in [2.24, 2.45) is 0 Å². The zero-order valence-corrected chi connectivity index (χ0v) is 11.8. The Kier molecular flexibility index (Phi) is 4.21. The van der Waals surface area contributed by atoms with Gasteiger partial charge < -0.3 is 13.7 Å². The van der Waals surface area contributed by atoms with Gasteiger partial charge in [-0.25, -0.2) is 4.79 Å². The number of hydrogen-bond donors (Lipinski definition) is 0. The van der Waals surface area contributed by atoms with E-state index in [2.05, 4.69) is 15.9 Å². The number of aryl methyl sites for hydroxylation is 1. The molecule has 0 aliphatic rings. The van der Waals surface area contributed by atoms with Crippen LogP contribution in [0.4, 0.5) is 0 Å². The molecule has 2 rings (SSSR count). The summed E-state index contributed by atoms with van der Waals surface area (Å²) in [5.41, 5.74) is 0.264. The normalized spacial score (nSPS) is 10.4. The highest BCUT2D eigenvalue weighted by Gasteiger charge is 2.12. The lowest BCUT2D eigenvalue weighted by atomic mass is 10.3. The SMILES string of the molecule is Cc1occc1C(=O)OCCn1cc(Br)ccc1=O. The van der Waals surface area contributed by atoms with Crippen LogP contribution >= 0.6 is 15.9 Å². The maximum Gasteiger partial charge on any atom is 0.341 e. The van der Waals surface area contributed by atoms with Crippen LogP contribution < -0.4 is 5.56 Å². The summed E-state index contributed by atoms with van der Waals surface area (Å²) in [6.07, 6.45) is 3.09. The van der Waals surface area contributed by atoms with Crippen LogP contribution in [0.3, 0.4) is 0 Å². The number of carbonyl (C=O) groups is 1. The van der Waals surface area contributed by atoms with Crippen molar-refractivity contribution < 1.29 is 13.9 Å². The minimum Gasteiger partial charge on any atom is -0.469 e. The van der Waals surface area contributed by atoms with Gasteiger partial charge >= 0.3 is 5.97 Å². The predicted molar refractivity (Wildman–Crippen MR) is 72.1 cm³/mol. The number of nitrogens with zero attached hydrogens (tertiary/aromatic N) is 1. The van der Waals surface area contributed by atoms with Gasteiger partial charge in [0.05, 0.1) is 12.8 Å². The van der Waals surface area contributed by atoms with Crippen LogP contribution in [0.15, 0.2) is 44.3 Å². The lowest BCUT2D eigenvalue weighted by Gasteiger charge is -2.07. The van der Waals surface area contributed by atoms with Crippen molar-refractivity contribution in [3.8, 4) is 0 Å². The average Bonchev–Trinajstić information content (AvgIpc) is 2.80. The first-order valence-electron chi connectivity index (χ1n) is 5.65. The molecule has 0 unspecified atom stereocenters. The van der Waals surface area contributed by atoms with E-state index >= 15 is 0 Å². The van der Waals surface area contributed by atoms with E-state index in [1.54, 1.807) is 25.3 Å². The molecular weight excluding hydrogens is 314 g/mol. The molecule has 0 fully saturated rings. The third-order valence-electron chi connectivity index (χ3n) is 2.59. The Morgan fingerprint density at radius 1 is 1.42 bits per heavy atom. The largest absolute Gasteiger partial charge is 0.469 e. The second-order valence-electron chi connectivity index (χ2n) is 3.91. The third kappa shape index (κ3) is 3.35. The smallest absolute Gasteiger partial charge is 0.341 e. The molecular formula is C13H12BrNO4. The molecule has 2 heterocycles. The molecule has 6 heteroatoms. The van der Waals surface area contributed by atoms with Crippen molar-refractivity contribution >= 4 is 21.9 Å². The van der Waals surface area contributed by atoms with Crippen molar-refractivity contribution in [2.75, 3.05) is 6.61 Å². The minimum absolute atomic E-state index is 0.125. The number of furan rings is 1. The Hall–Kier alpha value is -1.82. The number of esters is 1. The highest BCUT2D eigenvalue weighted by molar-refractivity contribution is 9.10. The van der Waals surface area contributed by atoms with E-state index in [0.717, 1.165) is 4.47 Å². The molecule has 2 aromatic heterocycles. The molecule has 0 aromatic carbocycles. The average molecular weight is 326 g/mol. The van der Waals surface area contributed by atoms with E-state index in [0.29, 0.717) is 17.9 Å². The van der Waals surface area contributed by atoms with Gasteiger partial charge in [-0.1, -0.05) is 0 Å². The van der Waals surface area contributed by atoms with Crippen LogP contribution in [0.1, 0.15) is 16.1 Å². The summed E-state index contributed by atoms with van der Waals surface area (Å²) in [7, 11) is 0. The van der Waals surface area contributed by atoms with Crippen molar-refractivity contribution in [2.45, 2.75) is 13.5 Å². The first-order chi connectivity index (χ1) is 9.08. The fourth-order valence-electron chi connectivity index (χ4n) is 1.59. The fraction of sp³-hybridized carbons (Fsp3) is 0.231. The van der Waals surface area contributed by atoms with E-state index in [-0.39, 0.29) is 12.2 Å². The van der Waals surface area contributed by atoms with Crippen molar-refractivity contribution in [3.05, 3.63) is 56.8 Å². The quantitative estimate of drug-likeness (QED) is 0.810. The molecule has 2 aromatic rings. The van der Waals surface area contributed by atoms with E-state index in [4.69, 9.17) is 9.15 Å². The van der Waals surface area contributed by atoms with Gasteiger partial charge in [0.25, 0.3) is 5.56 Å². The summed E-state index contributed by atoms with van der Waals surface area (Å²) in [6, 6.07) is 4.68. The Morgan fingerprint density at radius 3 is 2.89 bits per heavy atom. The summed E-state index contributed by atoms with van der Waals surface area (Å²) >= 11 is 3.28. The lowest BCUT2D eigenvalue weighted by molar-refractivity contribution is 0.0488. The number of aromatic nitrogens is 1. The molecule has 0 radical (unpaired) electrons. The molecule has 100 valence electrons. The summed E-state index contributed by atoms with van der Waals surface area (Å²) in [6.45, 7) is 2.12. The Bertz CT molecular complexity index is 644. The molecule has 19 heavy (non-hydrogen) atoms. The van der Waals surface area contributed by atoms with Crippen LogP contribution in [0.5, 0.6) is 0 Å². The standard InChI is InChI=1S/C13H12BrNO4/c1-9-11(4-6-18-9)13(17)19-7-5-15-8-10(14)2-3-12(15)16/h2-4,6,8H,5,7H2,1H3. The lowest BCUT2D eigenvalue weighted by Crippen LogP contribution is -2.21. The molecule has 0 saturated heterocycles. The van der Waals surface area contributed by atoms with Gasteiger partial charge in [-0.2, -0.15) is 0 Å². The summed E-state index contributed by atoms with van der Waals surface area (Å²) < 4.78 is 12.4. The maximum atomic E-state index is 11.7. The maximum absolute atomic E-state index is 11.7. The number of rotatable bonds is 4. The number of ether oxygens (including phenoxy) is 1. The molecule has 0 bridgehead atoms. The first kappa shape index (κ1) is 13.6. The Morgan fingerprint density at radius 2 is 2.21 bits per heavy atom. The van der Waals surface area contributed by atoms with Gasteiger partial charge in [0.15, 0.2) is 0 Å². The summed E-state index contributed by atoms with van der Waals surface area (Å²) in [5.74, 6) is 0.0684. The van der Waals surface area contributed by atoms with Gasteiger partial charge in [0, 0.05) is 16.7 Å². The predicted octanol–water partition coefficient (Wildman–Crippen LogP) is 2.37. The van der Waals surface area contributed by atoms with Crippen LogP contribution in [0.2, 0.25) is 0 Å². The molecule has 0 aliphatic carbocycles. The number of hydrogen-bond acceptors (Lipinski definition) is 4. The summed E-state index contributed by atoms with van der Waals surface area (Å²) in [5, 5.41) is 0. The Labute approximate surface area is 117 Å². The van der Waals surface area contributed by atoms with E-state index < -0.39 is 5.97 Å². The molecule has 5 nitrogen and oxygen atoms in total. The number of pyridine rings is 1. The van der Waals surface area contributed by atoms with Crippen LogP contribution in [0.25, 0.3) is 0 Å². The second kappa shape index (κ2) is 5.88. The topological polar surface area (TPSA) is 61.4 Å². The van der Waals surface area contributed by atoms with Gasteiger partial charge in [0.1, 0.15) is 17.9 Å². The van der Waals surface area contributed by atoms with Gasteiger partial charge in [-0.3, -0.25) is 4.79 Å². The molecule has 0 saturated carbocycles. The van der Waals surface area contributed by atoms with Gasteiger partial charge in [0.2, 0.25) is 0 Å². The van der Waals surface area contributed by atoms with E-state index in [1.165, 1.54) is 16.9 Å². The highest BCUT2D eigenvalue weighted by Crippen LogP contribution is 2.10. The zero-order valence-electron chi connectivity index (χ0n) is 10.3. The van der Waals surface area contributed by atoms with Crippen molar-refractivity contribution in [1.82, 2.24) is 4.57 Å². The Balaban J connectivity index is 1.94. The molecule has 0 atom stereocenters. The minimum atomic E-state index is -0.450. The monoisotopic (exact) mass is 325 g/mol. The van der Waals surface area contributed by atoms with Gasteiger partial charge in [-0.05, 0) is 35.0 Å². The van der Waals surface area contributed by atoms with Crippen molar-refractivity contribution in [1.29, 1.82) is 0 Å². The number of halogens is 1. The molecule has 0 N–H and O–H groups in total. The van der Waals surface area contributed by atoms with E-state index in [1.807, 2.05) is 0 Å². The second-order valence-corrected chi connectivity index (χ2v) is 4.82. The van der Waals surface area contributed by atoms with Crippen molar-refractivity contribution in [3.63, 3.8) is 0 Å². The third-order valence-corrected chi connectivity index (χ3v) is 3.06. The fourth-order valence-corrected chi connectivity index (χ4v) is 1.97. The first-order valence-corrected chi connectivity index (χ1v) is 6.44. The summed E-state index contributed by atoms with van der Waals surface area (Å²) in [4.78, 5) is 23.2. The zero-order chi connectivity index (χ0) is 13.8. The van der Waals surface area contributed by atoms with Crippen LogP contribution in [-0.2, 0) is 11.3 Å². The molecule has 0 aliphatic heterocycles. The molecule has 0 amide bonds. The van der Waals surface area contributed by atoms with Crippen LogP contribution in [-0.4, -0.2) is 17.1 Å². The highest BCUT2D eigenvalue weighted by atomic mass is 79.9. The van der Waals surface area contributed by atoms with Gasteiger partial charge in [-0.15, -0.1) is 0 Å². The molecule has 0 spiro atoms.